The minimum absolute atomic E-state index is 0.00898. The first-order valence-electron chi connectivity index (χ1n) is 24.5. The van der Waals surface area contributed by atoms with Gasteiger partial charge in [0.15, 0.2) is 0 Å². The number of nitrogens with zero attached hydrogens (tertiary/aromatic N) is 5. The van der Waals surface area contributed by atoms with Crippen molar-refractivity contribution in [2.24, 2.45) is 23.7 Å². The lowest BCUT2D eigenvalue weighted by molar-refractivity contribution is -0.148. The van der Waals surface area contributed by atoms with Gasteiger partial charge >= 0.3 is 6.09 Å². The molecule has 3 N–H and O–H groups in total. The number of ether oxygens (including phenoxy) is 3. The van der Waals surface area contributed by atoms with E-state index in [9.17, 15) is 28.8 Å². The Hall–Kier alpha value is -4.65. The predicted octanol–water partition coefficient (Wildman–Crippen LogP) is 5.79. The van der Waals surface area contributed by atoms with E-state index >= 15 is 0 Å². The second-order valence-electron chi connectivity index (χ2n) is 20.5. The highest BCUT2D eigenvalue weighted by molar-refractivity contribution is 7.09. The zero-order chi connectivity index (χ0) is 51.9. The summed E-state index contributed by atoms with van der Waals surface area (Å²) in [5, 5.41) is 11.3. The van der Waals surface area contributed by atoms with E-state index in [0.29, 0.717) is 37.2 Å². The monoisotopic (exact) mass is 985 g/mol. The number of hydrogen-bond donors (Lipinski definition) is 3. The van der Waals surface area contributed by atoms with Gasteiger partial charge in [0.05, 0.1) is 48.7 Å². The van der Waals surface area contributed by atoms with E-state index in [1.807, 2.05) is 90.9 Å². The number of amides is 6. The fourth-order valence-electron chi connectivity index (χ4n) is 9.18. The maximum atomic E-state index is 14.5. The quantitative estimate of drug-likeness (QED) is 0.109. The van der Waals surface area contributed by atoms with Crippen LogP contribution in [-0.2, 0) is 39.8 Å². The number of rotatable bonds is 25. The molecule has 69 heavy (non-hydrogen) atoms. The van der Waals surface area contributed by atoms with Crippen LogP contribution in [0.5, 0.6) is 0 Å². The summed E-state index contributed by atoms with van der Waals surface area (Å²) in [4.78, 5) is 93.8. The van der Waals surface area contributed by atoms with Crippen LogP contribution in [0.2, 0.25) is 0 Å². The molecule has 0 aliphatic carbocycles. The Kier molecular flexibility index (Phi) is 23.0. The Morgan fingerprint density at radius 3 is 2.10 bits per heavy atom. The highest BCUT2D eigenvalue weighted by atomic mass is 32.1. The van der Waals surface area contributed by atoms with Crippen LogP contribution in [0.4, 0.5) is 4.79 Å². The molecule has 17 nitrogen and oxygen atoms in total. The number of aromatic nitrogens is 1. The molecule has 1 aliphatic heterocycles. The van der Waals surface area contributed by atoms with E-state index in [1.165, 1.54) is 16.2 Å². The Morgan fingerprint density at radius 2 is 1.55 bits per heavy atom. The number of methoxy groups -OCH3 is 2. The number of thiazole rings is 1. The van der Waals surface area contributed by atoms with Gasteiger partial charge in [-0.2, -0.15) is 0 Å². The molecular weight excluding hydrogens is 901 g/mol. The van der Waals surface area contributed by atoms with Gasteiger partial charge in [0, 0.05) is 53.3 Å². The van der Waals surface area contributed by atoms with Gasteiger partial charge in [-0.05, 0) is 77.4 Å². The van der Waals surface area contributed by atoms with Gasteiger partial charge < -0.3 is 44.9 Å². The molecule has 1 aliphatic rings. The van der Waals surface area contributed by atoms with Gasteiger partial charge in [-0.1, -0.05) is 85.2 Å². The van der Waals surface area contributed by atoms with Crippen LogP contribution < -0.4 is 16.0 Å². The maximum Gasteiger partial charge on any atom is 0.410 e. The fourth-order valence-corrected chi connectivity index (χ4v) is 10.0. The summed E-state index contributed by atoms with van der Waals surface area (Å²) in [7, 11) is 10.1. The predicted molar refractivity (Wildman–Crippen MR) is 270 cm³/mol. The van der Waals surface area contributed by atoms with Crippen molar-refractivity contribution in [2.45, 2.75) is 149 Å². The molecule has 2 heterocycles. The van der Waals surface area contributed by atoms with E-state index in [1.54, 1.807) is 71.2 Å². The van der Waals surface area contributed by atoms with Gasteiger partial charge in [-0.15, -0.1) is 11.3 Å². The van der Waals surface area contributed by atoms with Crippen LogP contribution in [0.3, 0.4) is 0 Å². The molecule has 1 aromatic carbocycles. The Bertz CT molecular complexity index is 1970. The number of hydrogen-bond acceptors (Lipinski definition) is 12. The molecular formula is C51H84N8O9S. The molecule has 388 valence electrons. The van der Waals surface area contributed by atoms with Crippen molar-refractivity contribution in [3.05, 3.63) is 52.0 Å². The minimum atomic E-state index is -0.790. The van der Waals surface area contributed by atoms with Crippen LogP contribution in [0.15, 0.2) is 35.7 Å². The third-order valence-electron chi connectivity index (χ3n) is 13.0. The van der Waals surface area contributed by atoms with E-state index < -0.39 is 65.9 Å². The summed E-state index contributed by atoms with van der Waals surface area (Å²) in [6, 6.07) is 7.00. The largest absolute Gasteiger partial charge is 0.444 e. The molecule has 1 aromatic heterocycles. The summed E-state index contributed by atoms with van der Waals surface area (Å²) in [5.41, 5.74) is 0.508. The first-order chi connectivity index (χ1) is 32.4. The second kappa shape index (κ2) is 27.1. The Morgan fingerprint density at radius 1 is 0.899 bits per heavy atom. The second-order valence-corrected chi connectivity index (χ2v) is 21.3. The van der Waals surface area contributed by atoms with Crippen LogP contribution in [-0.4, -0.2) is 164 Å². The summed E-state index contributed by atoms with van der Waals surface area (Å²) in [5.74, 6) is -2.27. The zero-order valence-corrected chi connectivity index (χ0v) is 45.1. The number of likely N-dealkylation sites (tertiary alicyclic amines) is 1. The van der Waals surface area contributed by atoms with E-state index in [2.05, 4.69) is 20.9 Å². The van der Waals surface area contributed by atoms with E-state index in [4.69, 9.17) is 14.2 Å². The van der Waals surface area contributed by atoms with Crippen LogP contribution in [0.25, 0.3) is 0 Å². The zero-order valence-electron chi connectivity index (χ0n) is 44.3. The maximum absolute atomic E-state index is 14.5. The van der Waals surface area contributed by atoms with Crippen LogP contribution >= 0.6 is 11.3 Å². The lowest BCUT2D eigenvalue weighted by Crippen LogP contribution is -2.59. The SMILES string of the molecule is CC[C@H](C)[C@@H]([C@@H](CC(=O)N1CCC[C@H]1[C@H](OC)[C@@H](C)C(=O)N[C@@H](Cc1ccccc1)c1nc(C(=O)NCCN(C)C(=O)OC(C)(C)C)cs1)OC)N(C)C(=O)[C@@H](NC(=O)[C@H](C(C)C)N(C)C)C(C)C. The van der Waals surface area contributed by atoms with Crippen LogP contribution in [0.1, 0.15) is 122 Å². The minimum Gasteiger partial charge on any atom is -0.444 e. The lowest BCUT2D eigenvalue weighted by atomic mass is 9.89. The smallest absolute Gasteiger partial charge is 0.410 e. The standard InChI is InChI=1S/C51H84N8O9S/c1-17-33(6)43(58(14)49(64)41(31(2)3)55-47(63)42(32(4)5)56(11)12)39(66-15)29-40(60)59-26-21-24-38(59)44(67-16)34(7)45(61)53-36(28-35-22-19-18-20-23-35)48-54-37(30-69-48)46(62)52-25-27-57(13)50(65)68-51(8,9)10/h18-20,22-23,30-34,36,38-39,41-44H,17,21,24-29H2,1-16H3,(H,52,62)(H,53,61)(H,55,63)/t33-,34+,36-,38-,39+,41-,42-,43-,44+/m0/s1. The van der Waals surface area contributed by atoms with Crippen molar-refractivity contribution in [3.8, 4) is 0 Å². The van der Waals surface area contributed by atoms with Gasteiger partial charge in [-0.3, -0.25) is 28.9 Å². The Labute approximate surface area is 416 Å². The molecule has 3 rings (SSSR count). The average molecular weight is 985 g/mol. The van der Waals surface area contributed by atoms with Crippen molar-refractivity contribution in [3.63, 3.8) is 0 Å². The van der Waals surface area contributed by atoms with Gasteiger partial charge in [0.2, 0.25) is 23.6 Å². The van der Waals surface area contributed by atoms with Crippen molar-refractivity contribution in [2.75, 3.05) is 62.0 Å². The molecule has 0 radical (unpaired) electrons. The fraction of sp³-hybridized carbons (Fsp3) is 0.706. The Balaban J connectivity index is 1.80. The third kappa shape index (κ3) is 16.7. The summed E-state index contributed by atoms with van der Waals surface area (Å²) < 4.78 is 17.6. The molecule has 1 fully saturated rings. The van der Waals surface area contributed by atoms with Crippen molar-refractivity contribution >= 4 is 47.0 Å². The molecule has 0 unspecified atom stereocenters. The van der Waals surface area contributed by atoms with Crippen molar-refractivity contribution in [1.29, 1.82) is 0 Å². The molecule has 0 spiro atoms. The number of carbonyl (C=O) groups excluding carboxylic acids is 6. The normalized spacial score (nSPS) is 17.6. The van der Waals surface area contributed by atoms with E-state index in [-0.39, 0.29) is 66.6 Å². The van der Waals surface area contributed by atoms with E-state index in [0.717, 1.165) is 5.56 Å². The van der Waals surface area contributed by atoms with Gasteiger partial charge in [0.25, 0.3) is 5.91 Å². The summed E-state index contributed by atoms with van der Waals surface area (Å²) in [6.07, 6.45) is 0.635. The number of carbonyl (C=O) groups is 6. The first-order valence-corrected chi connectivity index (χ1v) is 25.4. The molecule has 1 saturated heterocycles. The molecule has 18 heteroatoms. The van der Waals surface area contributed by atoms with Gasteiger partial charge in [-0.25, -0.2) is 9.78 Å². The third-order valence-corrected chi connectivity index (χ3v) is 14.0. The van der Waals surface area contributed by atoms with Gasteiger partial charge in [0.1, 0.15) is 22.3 Å². The molecule has 6 amide bonds. The lowest BCUT2D eigenvalue weighted by Gasteiger charge is -2.41. The average Bonchev–Trinajstić information content (AvgIpc) is 3.98. The molecule has 0 bridgehead atoms. The molecule has 2 aromatic rings. The number of nitrogens with one attached hydrogen (secondary N) is 3. The highest BCUT2D eigenvalue weighted by Gasteiger charge is 2.43. The highest BCUT2D eigenvalue weighted by Crippen LogP contribution is 2.31. The number of likely N-dealkylation sites (N-methyl/N-ethyl adjacent to an activating group) is 3. The van der Waals surface area contributed by atoms with Crippen LogP contribution in [0, 0.1) is 23.7 Å². The molecule has 0 saturated carbocycles. The summed E-state index contributed by atoms with van der Waals surface area (Å²) in [6.45, 7) is 19.9. The number of benzene rings is 1. The van der Waals surface area contributed by atoms with Crippen molar-refractivity contribution < 1.29 is 43.0 Å². The topological polar surface area (TPSA) is 192 Å². The summed E-state index contributed by atoms with van der Waals surface area (Å²) >= 11 is 1.27. The van der Waals surface area contributed by atoms with Crippen molar-refractivity contribution in [1.82, 2.24) is 40.5 Å². The molecule has 9 atom stereocenters. The first kappa shape index (κ1) is 58.7.